The molecule has 6 aliphatic carbocycles. The number of carboxylic acid groups (broad SMARTS) is 1. The number of fused-ring (bicyclic) bond motifs is 7. The van der Waals surface area contributed by atoms with E-state index in [9.17, 15) is 19.8 Å². The molecule has 6 aliphatic rings. The van der Waals surface area contributed by atoms with Gasteiger partial charge in [0.2, 0.25) is 0 Å². The molecule has 1 unspecified atom stereocenters. The molecule has 7 nitrogen and oxygen atoms in total. The minimum absolute atomic E-state index is 0.00944. The molecule has 0 spiro atoms. The first-order valence-electron chi connectivity index (χ1n) is 18.9. The van der Waals surface area contributed by atoms with Crippen molar-refractivity contribution in [1.29, 1.82) is 0 Å². The monoisotopic (exact) mass is 679 g/mol. The SMILES string of the molecule is CC(C)C1=C2[C@H]3CC[C@@H]4[C@]5(C)CC[C@@H](CC(=O)O)C(C)(C)[C@H]5CC[C@@]4(C)[C@]3(C)CC[C@@]2(C(O)CNC2(c3ncc(Cl)cn3)CC2)CC1=O. The van der Waals surface area contributed by atoms with Crippen molar-refractivity contribution in [2.24, 2.45) is 56.7 Å². The predicted octanol–water partition coefficient (Wildman–Crippen LogP) is 8.14. The second-order valence-electron chi connectivity index (χ2n) is 18.7. The van der Waals surface area contributed by atoms with E-state index in [-0.39, 0.29) is 57.2 Å². The smallest absolute Gasteiger partial charge is 0.303 e. The molecule has 1 aromatic rings. The van der Waals surface area contributed by atoms with Crippen molar-refractivity contribution in [3.63, 3.8) is 0 Å². The van der Waals surface area contributed by atoms with Crippen LogP contribution < -0.4 is 5.32 Å². The number of rotatable bonds is 8. The van der Waals surface area contributed by atoms with Crippen LogP contribution in [-0.4, -0.2) is 44.6 Å². The Labute approximate surface area is 292 Å². The van der Waals surface area contributed by atoms with Crippen molar-refractivity contribution in [3.8, 4) is 0 Å². The molecule has 0 saturated heterocycles. The minimum Gasteiger partial charge on any atom is -0.481 e. The highest BCUT2D eigenvalue weighted by Crippen LogP contribution is 2.77. The standard InChI is InChI=1S/C40H58ClN3O4/c1-23(2)32-27(45)19-39(30(46)22-44-40(16-17-40)34-42-20-25(41)21-43-34)15-14-37(6)26(33(32)39)8-9-29-36(5)12-10-24(18-31(47)48)35(3,4)28(36)11-13-38(29,37)7/h20-21,23-24,26,28-30,44,46H,8-19,22H2,1-7H3,(H,47,48)/t24-,26+,28+,29+,30?,36+,37+,38+,39-/m0/s1. The molecule has 9 atom stereocenters. The maximum Gasteiger partial charge on any atom is 0.303 e. The number of nitrogens with one attached hydrogen (secondary N) is 1. The van der Waals surface area contributed by atoms with Gasteiger partial charge < -0.3 is 15.5 Å². The third-order valence-electron chi connectivity index (χ3n) is 16.2. The number of hydrogen-bond acceptors (Lipinski definition) is 6. The Morgan fingerprint density at radius 2 is 1.62 bits per heavy atom. The molecule has 48 heavy (non-hydrogen) atoms. The van der Waals surface area contributed by atoms with Crippen LogP contribution in [0.15, 0.2) is 23.5 Å². The third-order valence-corrected chi connectivity index (χ3v) is 16.4. The summed E-state index contributed by atoms with van der Waals surface area (Å²) in [6, 6.07) is 0. The fourth-order valence-corrected chi connectivity index (χ4v) is 13.5. The summed E-state index contributed by atoms with van der Waals surface area (Å²) in [4.78, 5) is 34.9. The number of allylic oxidation sites excluding steroid dienone is 1. The van der Waals surface area contributed by atoms with Crippen LogP contribution in [0.5, 0.6) is 0 Å². The molecule has 5 saturated carbocycles. The number of carbonyl (C=O) groups excluding carboxylic acids is 1. The zero-order chi connectivity index (χ0) is 34.7. The van der Waals surface area contributed by atoms with Crippen LogP contribution in [0.4, 0.5) is 0 Å². The normalized spacial score (nSPS) is 41.7. The van der Waals surface area contributed by atoms with Crippen molar-refractivity contribution in [2.45, 2.75) is 137 Å². The Morgan fingerprint density at radius 1 is 0.938 bits per heavy atom. The number of carbonyl (C=O) groups is 2. The van der Waals surface area contributed by atoms with Gasteiger partial charge in [-0.05, 0) is 121 Å². The summed E-state index contributed by atoms with van der Waals surface area (Å²) in [7, 11) is 0. The Kier molecular flexibility index (Phi) is 8.17. The van der Waals surface area contributed by atoms with Gasteiger partial charge in [-0.2, -0.15) is 0 Å². The average Bonchev–Trinajstić information content (AvgIpc) is 3.73. The maximum absolute atomic E-state index is 14.1. The number of Topliss-reactive ketones (excluding diaryl/α,β-unsaturated/α-hetero) is 1. The van der Waals surface area contributed by atoms with E-state index >= 15 is 0 Å². The van der Waals surface area contributed by atoms with Crippen molar-refractivity contribution in [3.05, 3.63) is 34.4 Å². The molecule has 7 rings (SSSR count). The van der Waals surface area contributed by atoms with E-state index in [1.54, 1.807) is 12.4 Å². The number of aliphatic carboxylic acids is 1. The number of carboxylic acids is 1. The summed E-state index contributed by atoms with van der Waals surface area (Å²) in [5, 5.41) is 26.2. The Hall–Kier alpha value is -1.83. The molecule has 3 N–H and O–H groups in total. The lowest BCUT2D eigenvalue weighted by molar-refractivity contribution is -0.224. The molecule has 8 heteroatoms. The zero-order valence-corrected chi connectivity index (χ0v) is 31.1. The van der Waals surface area contributed by atoms with Gasteiger partial charge in [-0.15, -0.1) is 0 Å². The summed E-state index contributed by atoms with van der Waals surface area (Å²) in [6.45, 7) is 17.2. The van der Waals surface area contributed by atoms with Crippen LogP contribution in [0.25, 0.3) is 0 Å². The number of aromatic nitrogens is 2. The van der Waals surface area contributed by atoms with Crippen molar-refractivity contribution >= 4 is 23.4 Å². The highest BCUT2D eigenvalue weighted by atomic mass is 35.5. The quantitative estimate of drug-likeness (QED) is 0.254. The molecule has 0 amide bonds. The van der Waals surface area contributed by atoms with Crippen molar-refractivity contribution in [1.82, 2.24) is 15.3 Å². The molecule has 0 bridgehead atoms. The van der Waals surface area contributed by atoms with Gasteiger partial charge in [0, 0.05) is 37.2 Å². The summed E-state index contributed by atoms with van der Waals surface area (Å²) in [5.74, 6) is 1.99. The fourth-order valence-electron chi connectivity index (χ4n) is 13.4. The summed E-state index contributed by atoms with van der Waals surface area (Å²) in [6.07, 6.45) is 13.5. The van der Waals surface area contributed by atoms with Gasteiger partial charge >= 0.3 is 5.97 Å². The number of aliphatic hydroxyl groups excluding tert-OH is 1. The molecule has 1 heterocycles. The van der Waals surface area contributed by atoms with E-state index in [1.165, 1.54) is 5.57 Å². The van der Waals surface area contributed by atoms with Crippen molar-refractivity contribution in [2.75, 3.05) is 6.54 Å². The molecule has 0 aromatic carbocycles. The van der Waals surface area contributed by atoms with Crippen molar-refractivity contribution < 1.29 is 19.8 Å². The predicted molar refractivity (Wildman–Crippen MR) is 187 cm³/mol. The Morgan fingerprint density at radius 3 is 2.25 bits per heavy atom. The number of ketones is 1. The lowest BCUT2D eigenvalue weighted by Gasteiger charge is -2.72. The van der Waals surface area contributed by atoms with Crippen LogP contribution >= 0.6 is 11.6 Å². The summed E-state index contributed by atoms with van der Waals surface area (Å²) < 4.78 is 0. The van der Waals surface area contributed by atoms with Gasteiger partial charge in [0.25, 0.3) is 0 Å². The number of nitrogens with zero attached hydrogens (tertiary/aromatic N) is 2. The van der Waals surface area contributed by atoms with Gasteiger partial charge in [0.15, 0.2) is 5.78 Å². The van der Waals surface area contributed by atoms with Gasteiger partial charge in [0.1, 0.15) is 5.82 Å². The molecule has 1 aromatic heterocycles. The molecule has 5 fully saturated rings. The van der Waals surface area contributed by atoms with Gasteiger partial charge in [-0.25, -0.2) is 9.97 Å². The van der Waals surface area contributed by atoms with Crippen LogP contribution in [0.2, 0.25) is 5.02 Å². The number of aliphatic hydroxyl groups is 1. The summed E-state index contributed by atoms with van der Waals surface area (Å²) >= 11 is 6.08. The molecule has 264 valence electrons. The van der Waals surface area contributed by atoms with E-state index < -0.39 is 17.5 Å². The molecular weight excluding hydrogens is 622 g/mol. The molecule has 0 radical (unpaired) electrons. The van der Waals surface area contributed by atoms with E-state index in [0.717, 1.165) is 75.6 Å². The first kappa shape index (κ1) is 34.6. The maximum atomic E-state index is 14.1. The lowest BCUT2D eigenvalue weighted by atomic mass is 9.32. The van der Waals surface area contributed by atoms with E-state index in [2.05, 4.69) is 63.8 Å². The lowest BCUT2D eigenvalue weighted by Crippen LogP contribution is -2.65. The first-order valence-corrected chi connectivity index (χ1v) is 19.2. The van der Waals surface area contributed by atoms with Crippen LogP contribution in [0.1, 0.15) is 131 Å². The van der Waals surface area contributed by atoms with E-state index in [1.807, 2.05) is 0 Å². The zero-order valence-electron chi connectivity index (χ0n) is 30.3. The van der Waals surface area contributed by atoms with Crippen LogP contribution in [0, 0.1) is 56.7 Å². The van der Waals surface area contributed by atoms with Gasteiger partial charge in [0.05, 0.1) is 16.7 Å². The first-order chi connectivity index (χ1) is 22.5. The second kappa shape index (κ2) is 11.3. The minimum atomic E-state index is -0.675. The van der Waals surface area contributed by atoms with Crippen LogP contribution in [-0.2, 0) is 15.1 Å². The van der Waals surface area contributed by atoms with Crippen LogP contribution in [0.3, 0.4) is 0 Å². The highest BCUT2D eigenvalue weighted by Gasteiger charge is 2.70. The Bertz CT molecular complexity index is 1520. The topological polar surface area (TPSA) is 112 Å². The third kappa shape index (κ3) is 4.78. The Balaban J connectivity index is 1.20. The second-order valence-corrected chi connectivity index (χ2v) is 19.1. The highest BCUT2D eigenvalue weighted by molar-refractivity contribution is 6.30. The summed E-state index contributed by atoms with van der Waals surface area (Å²) in [5.41, 5.74) is 1.72. The molecule has 0 aliphatic heterocycles. The van der Waals surface area contributed by atoms with E-state index in [0.29, 0.717) is 29.8 Å². The van der Waals surface area contributed by atoms with Gasteiger partial charge in [-0.3, -0.25) is 9.59 Å². The largest absolute Gasteiger partial charge is 0.481 e. The number of halogens is 1. The average molecular weight is 680 g/mol. The van der Waals surface area contributed by atoms with Gasteiger partial charge in [-0.1, -0.05) is 65.6 Å². The number of hydrogen-bond donors (Lipinski definition) is 3. The molecular formula is C40H58ClN3O4. The fraction of sp³-hybridized carbons (Fsp3) is 0.800. The van der Waals surface area contributed by atoms with E-state index in [4.69, 9.17) is 11.6 Å².